The van der Waals surface area contributed by atoms with E-state index in [9.17, 15) is 23.1 Å². The molecular formula is C21H22ClF3N4O3S2. The lowest BCUT2D eigenvalue weighted by molar-refractivity contribution is -0.274. The molecule has 0 atom stereocenters. The first kappa shape index (κ1) is 27.7. The molecule has 0 fully saturated rings. The molecule has 3 aromatic rings. The maximum Gasteiger partial charge on any atom is 0.573 e. The molecule has 0 aliphatic heterocycles. The number of thioether (sulfide) groups is 1. The zero-order chi connectivity index (χ0) is 24.2. The van der Waals surface area contributed by atoms with Crippen molar-refractivity contribution in [2.24, 2.45) is 0 Å². The summed E-state index contributed by atoms with van der Waals surface area (Å²) in [4.78, 5) is 26.2. The molecule has 0 saturated carbocycles. The van der Waals surface area contributed by atoms with Crippen LogP contribution in [0.1, 0.15) is 19.5 Å². The zero-order valence-electron chi connectivity index (χ0n) is 18.4. The van der Waals surface area contributed by atoms with Gasteiger partial charge in [0.25, 0.3) is 0 Å². The highest BCUT2D eigenvalue weighted by atomic mass is 35.5. The number of hydrogen-bond donors (Lipinski definition) is 1. The summed E-state index contributed by atoms with van der Waals surface area (Å²) in [6, 6.07) is 5.62. The van der Waals surface area contributed by atoms with E-state index in [1.807, 2.05) is 17.3 Å². The Morgan fingerprint density at radius 3 is 2.50 bits per heavy atom. The molecule has 184 valence electrons. The fourth-order valence-corrected chi connectivity index (χ4v) is 4.86. The van der Waals surface area contributed by atoms with Gasteiger partial charge in [-0.1, -0.05) is 23.9 Å². The average molecular weight is 535 g/mol. The van der Waals surface area contributed by atoms with Gasteiger partial charge in [0.1, 0.15) is 10.5 Å². The van der Waals surface area contributed by atoms with E-state index in [0.29, 0.717) is 34.4 Å². The lowest BCUT2D eigenvalue weighted by Crippen LogP contribution is -2.26. The van der Waals surface area contributed by atoms with Gasteiger partial charge in [-0.2, -0.15) is 0 Å². The average Bonchev–Trinajstić information content (AvgIpc) is 3.17. The Balaban J connectivity index is 0.00000408. The van der Waals surface area contributed by atoms with Gasteiger partial charge in [0, 0.05) is 43.4 Å². The fourth-order valence-electron chi connectivity index (χ4n) is 2.63. The van der Waals surface area contributed by atoms with E-state index in [1.165, 1.54) is 53.7 Å². The number of ether oxygens (including phenoxy) is 1. The van der Waals surface area contributed by atoms with Crippen LogP contribution in [0.25, 0.3) is 11.1 Å². The number of carboxylic acids is 1. The Bertz CT molecular complexity index is 1110. The molecule has 0 radical (unpaired) electrons. The van der Waals surface area contributed by atoms with Crippen LogP contribution in [0.3, 0.4) is 0 Å². The van der Waals surface area contributed by atoms with Gasteiger partial charge in [-0.3, -0.25) is 4.79 Å². The predicted molar refractivity (Wildman–Crippen MR) is 128 cm³/mol. The summed E-state index contributed by atoms with van der Waals surface area (Å²) >= 11 is 2.61. The molecule has 0 aliphatic rings. The molecular weight excluding hydrogens is 513 g/mol. The summed E-state index contributed by atoms with van der Waals surface area (Å²) in [5.74, 6) is -0.754. The van der Waals surface area contributed by atoms with Crippen molar-refractivity contribution in [2.75, 3.05) is 18.5 Å². The highest BCUT2D eigenvalue weighted by Gasteiger charge is 2.31. The Labute approximate surface area is 208 Å². The second kappa shape index (κ2) is 11.2. The van der Waals surface area contributed by atoms with E-state index >= 15 is 0 Å². The maximum absolute atomic E-state index is 12.4. The van der Waals surface area contributed by atoms with Crippen LogP contribution in [0, 0.1) is 0 Å². The lowest BCUT2D eigenvalue weighted by atomic mass is 10.1. The van der Waals surface area contributed by atoms with Crippen molar-refractivity contribution in [1.82, 2.24) is 15.0 Å². The van der Waals surface area contributed by atoms with Crippen LogP contribution in [-0.4, -0.2) is 50.7 Å². The molecule has 34 heavy (non-hydrogen) atoms. The summed E-state index contributed by atoms with van der Waals surface area (Å²) in [6.07, 6.45) is -1.07. The largest absolute Gasteiger partial charge is 0.573 e. The first-order valence-electron chi connectivity index (χ1n) is 9.69. The number of likely N-dealkylation sites (N-methyl/N-ethyl adjacent to an activating group) is 1. The van der Waals surface area contributed by atoms with Crippen LogP contribution in [0.15, 0.2) is 46.4 Å². The third-order valence-corrected chi connectivity index (χ3v) is 6.64. The molecule has 0 amide bonds. The molecule has 3 rings (SSSR count). The topological polar surface area (TPSA) is 88.4 Å². The third kappa shape index (κ3) is 7.74. The number of benzene rings is 1. The first-order chi connectivity index (χ1) is 15.4. The van der Waals surface area contributed by atoms with Gasteiger partial charge in [-0.05, 0) is 31.5 Å². The van der Waals surface area contributed by atoms with Gasteiger partial charge in [0.2, 0.25) is 5.95 Å². The highest BCUT2D eigenvalue weighted by Crippen LogP contribution is 2.34. The van der Waals surface area contributed by atoms with E-state index in [0.717, 1.165) is 5.69 Å². The Morgan fingerprint density at radius 1 is 1.21 bits per heavy atom. The second-order valence-corrected chi connectivity index (χ2v) is 10.3. The van der Waals surface area contributed by atoms with E-state index < -0.39 is 17.1 Å². The Kier molecular flexibility index (Phi) is 9.15. The summed E-state index contributed by atoms with van der Waals surface area (Å²) in [5, 5.41) is 11.1. The number of thiazole rings is 1. The van der Waals surface area contributed by atoms with Crippen molar-refractivity contribution < 1.29 is 27.8 Å². The fraction of sp³-hybridized carbons (Fsp3) is 0.333. The Hall–Kier alpha value is -2.57. The van der Waals surface area contributed by atoms with Gasteiger partial charge >= 0.3 is 12.3 Å². The van der Waals surface area contributed by atoms with Crippen LogP contribution in [0.2, 0.25) is 0 Å². The second-order valence-electron chi connectivity index (χ2n) is 7.54. The number of rotatable bonds is 9. The predicted octanol–water partition coefficient (Wildman–Crippen LogP) is 5.55. The van der Waals surface area contributed by atoms with Crippen molar-refractivity contribution in [3.05, 3.63) is 47.7 Å². The van der Waals surface area contributed by atoms with E-state index in [4.69, 9.17) is 0 Å². The number of aliphatic carboxylic acids is 1. The number of halogens is 4. The summed E-state index contributed by atoms with van der Waals surface area (Å²) < 4.78 is 41.0. The summed E-state index contributed by atoms with van der Waals surface area (Å²) in [5.41, 5.74) is 1.90. The van der Waals surface area contributed by atoms with Crippen LogP contribution in [0.5, 0.6) is 5.75 Å². The molecule has 13 heteroatoms. The first-order valence-corrected chi connectivity index (χ1v) is 11.4. The van der Waals surface area contributed by atoms with Gasteiger partial charge in [0.15, 0.2) is 4.34 Å². The van der Waals surface area contributed by atoms with Crippen molar-refractivity contribution in [2.45, 2.75) is 35.7 Å². The smallest absolute Gasteiger partial charge is 0.480 e. The van der Waals surface area contributed by atoms with Crippen LogP contribution in [-0.2, 0) is 11.2 Å². The van der Waals surface area contributed by atoms with Crippen LogP contribution < -0.4 is 9.64 Å². The zero-order valence-corrected chi connectivity index (χ0v) is 20.8. The molecule has 7 nitrogen and oxygen atoms in total. The normalized spacial score (nSPS) is 11.6. The van der Waals surface area contributed by atoms with Gasteiger partial charge in [0.05, 0.1) is 5.69 Å². The number of alkyl halides is 3. The van der Waals surface area contributed by atoms with Crippen molar-refractivity contribution in [3.63, 3.8) is 0 Å². The molecule has 1 aromatic carbocycles. The maximum atomic E-state index is 12.4. The molecule has 0 unspecified atom stereocenters. The minimum Gasteiger partial charge on any atom is -0.480 e. The Morgan fingerprint density at radius 2 is 1.88 bits per heavy atom. The number of anilines is 1. The molecule has 0 aliphatic carbocycles. The molecule has 1 N–H and O–H groups in total. The van der Waals surface area contributed by atoms with E-state index in [-0.39, 0.29) is 18.2 Å². The number of nitrogens with zero attached hydrogens (tertiary/aromatic N) is 4. The molecule has 2 aromatic heterocycles. The van der Waals surface area contributed by atoms with Gasteiger partial charge < -0.3 is 14.7 Å². The van der Waals surface area contributed by atoms with Crippen LogP contribution in [0.4, 0.5) is 19.1 Å². The minimum absolute atomic E-state index is 0. The number of aromatic nitrogens is 3. The van der Waals surface area contributed by atoms with E-state index in [2.05, 4.69) is 19.7 Å². The minimum atomic E-state index is -4.76. The van der Waals surface area contributed by atoms with Crippen molar-refractivity contribution in [1.29, 1.82) is 0 Å². The molecule has 0 spiro atoms. The number of hydrogen-bond acceptors (Lipinski definition) is 8. The molecule has 0 bridgehead atoms. The van der Waals surface area contributed by atoms with Gasteiger partial charge in [-0.25, -0.2) is 15.0 Å². The molecule has 2 heterocycles. The standard InChI is InChI=1S/C21H21F3N4O3S2.ClH/c1-20(2,17(29)30)33-19-27-15(12-32-19)7-8-28(3)18-25-10-14(11-26-18)13-5-4-6-16(9-13)31-21(22,23)24;/h4-6,9-12H,7-8H2,1-3H3,(H,29,30);1H. The lowest BCUT2D eigenvalue weighted by Gasteiger charge is -2.17. The van der Waals surface area contributed by atoms with E-state index in [1.54, 1.807) is 19.9 Å². The quantitative estimate of drug-likeness (QED) is 0.357. The van der Waals surface area contributed by atoms with Crippen LogP contribution >= 0.6 is 35.5 Å². The molecule has 0 saturated heterocycles. The summed E-state index contributed by atoms with van der Waals surface area (Å²) in [7, 11) is 1.82. The number of carboxylic acid groups (broad SMARTS) is 1. The highest BCUT2D eigenvalue weighted by molar-refractivity contribution is 8.03. The third-order valence-electron chi connectivity index (χ3n) is 4.47. The van der Waals surface area contributed by atoms with Gasteiger partial charge in [-0.15, -0.1) is 36.9 Å². The SMILES string of the molecule is CN(CCc1csc(SC(C)(C)C(=O)O)n1)c1ncc(-c2cccc(OC(F)(F)F)c2)cn1.Cl. The monoisotopic (exact) mass is 534 g/mol. The van der Waals surface area contributed by atoms with Crippen molar-refractivity contribution in [3.8, 4) is 16.9 Å². The van der Waals surface area contributed by atoms with Crippen molar-refractivity contribution >= 4 is 47.4 Å². The number of carbonyl (C=O) groups is 1. The summed E-state index contributed by atoms with van der Waals surface area (Å²) in [6.45, 7) is 3.84.